The number of rotatable bonds is 7. The molecule has 134 valence electrons. The predicted molar refractivity (Wildman–Crippen MR) is 100 cm³/mol. The van der Waals surface area contributed by atoms with Crippen molar-refractivity contribution in [3.05, 3.63) is 65.0 Å². The van der Waals surface area contributed by atoms with E-state index in [9.17, 15) is 10.1 Å². The predicted octanol–water partition coefficient (Wildman–Crippen LogP) is 3.67. The van der Waals surface area contributed by atoms with Crippen molar-refractivity contribution in [1.82, 2.24) is 4.98 Å². The maximum atomic E-state index is 11.2. The van der Waals surface area contributed by atoms with Crippen LogP contribution in [0.3, 0.4) is 0 Å². The molecule has 2 aromatic carbocycles. The fraction of sp³-hybridized carbons (Fsp3) is 0.211. The van der Waals surface area contributed by atoms with Crippen LogP contribution in [0.5, 0.6) is 11.5 Å². The number of pyridine rings is 1. The van der Waals surface area contributed by atoms with Gasteiger partial charge < -0.3 is 14.4 Å². The number of non-ortho nitro benzene ring substituents is 1. The van der Waals surface area contributed by atoms with E-state index in [0.29, 0.717) is 18.5 Å². The van der Waals surface area contributed by atoms with Crippen LogP contribution in [0, 0.1) is 10.1 Å². The lowest BCUT2D eigenvalue weighted by atomic mass is 10.1. The number of methoxy groups -OCH3 is 1. The van der Waals surface area contributed by atoms with Crippen LogP contribution in [0.1, 0.15) is 0 Å². The normalized spacial score (nSPS) is 10.5. The van der Waals surface area contributed by atoms with Gasteiger partial charge in [-0.2, -0.15) is 0 Å². The molecule has 0 N–H and O–H groups in total. The van der Waals surface area contributed by atoms with Crippen LogP contribution in [0.2, 0.25) is 0 Å². The molecule has 0 spiro atoms. The van der Waals surface area contributed by atoms with Gasteiger partial charge in [0.1, 0.15) is 18.1 Å². The fourth-order valence-electron chi connectivity index (χ4n) is 2.74. The maximum absolute atomic E-state index is 11.2. The molecule has 3 aromatic rings. The number of fused-ring (bicyclic) bond motifs is 1. The van der Waals surface area contributed by atoms with Gasteiger partial charge in [0.2, 0.25) is 0 Å². The molecular formula is C19H19N3O4. The van der Waals surface area contributed by atoms with E-state index in [1.54, 1.807) is 25.4 Å². The molecular weight excluding hydrogens is 334 g/mol. The molecule has 0 bridgehead atoms. The molecule has 0 saturated heterocycles. The molecule has 7 heteroatoms. The summed E-state index contributed by atoms with van der Waals surface area (Å²) in [5.74, 6) is 1.54. The summed E-state index contributed by atoms with van der Waals surface area (Å²) in [6, 6.07) is 12.5. The second kappa shape index (κ2) is 7.69. The van der Waals surface area contributed by atoms with Crippen molar-refractivity contribution in [1.29, 1.82) is 0 Å². The van der Waals surface area contributed by atoms with Gasteiger partial charge >= 0.3 is 0 Å². The molecule has 0 saturated carbocycles. The van der Waals surface area contributed by atoms with Crippen molar-refractivity contribution >= 4 is 22.1 Å². The van der Waals surface area contributed by atoms with Crippen LogP contribution >= 0.6 is 0 Å². The Balaban J connectivity index is 1.72. The lowest BCUT2D eigenvalue weighted by Gasteiger charge is -2.21. The molecule has 3 rings (SSSR count). The van der Waals surface area contributed by atoms with Crippen molar-refractivity contribution in [3.63, 3.8) is 0 Å². The number of nitrogens with zero attached hydrogens (tertiary/aromatic N) is 3. The van der Waals surface area contributed by atoms with Crippen molar-refractivity contribution in [3.8, 4) is 11.5 Å². The number of likely N-dealkylation sites (N-methyl/N-ethyl adjacent to an activating group) is 1. The Kier molecular flexibility index (Phi) is 5.17. The van der Waals surface area contributed by atoms with E-state index in [-0.39, 0.29) is 10.6 Å². The van der Waals surface area contributed by atoms with E-state index in [1.165, 1.54) is 12.3 Å². The van der Waals surface area contributed by atoms with Crippen LogP contribution in [-0.4, -0.2) is 37.2 Å². The van der Waals surface area contributed by atoms with Crippen LogP contribution in [-0.2, 0) is 0 Å². The highest BCUT2D eigenvalue weighted by atomic mass is 16.6. The minimum Gasteiger partial charge on any atom is -0.497 e. The first kappa shape index (κ1) is 17.5. The zero-order valence-corrected chi connectivity index (χ0v) is 14.6. The van der Waals surface area contributed by atoms with E-state index in [4.69, 9.17) is 9.47 Å². The molecule has 7 nitrogen and oxygen atoms in total. The van der Waals surface area contributed by atoms with E-state index in [1.807, 2.05) is 36.2 Å². The summed E-state index contributed by atoms with van der Waals surface area (Å²) in [7, 11) is 3.55. The van der Waals surface area contributed by atoms with Crippen molar-refractivity contribution in [2.75, 3.05) is 32.2 Å². The third-order valence-electron chi connectivity index (χ3n) is 4.13. The first-order valence-corrected chi connectivity index (χ1v) is 8.09. The molecule has 1 aromatic heterocycles. The summed E-state index contributed by atoms with van der Waals surface area (Å²) in [5, 5.41) is 12.5. The Morgan fingerprint density at radius 2 is 1.81 bits per heavy atom. The van der Waals surface area contributed by atoms with E-state index < -0.39 is 0 Å². The highest BCUT2D eigenvalue weighted by molar-refractivity contribution is 5.99. The fourth-order valence-corrected chi connectivity index (χ4v) is 2.74. The quantitative estimate of drug-likeness (QED) is 0.476. The lowest BCUT2D eigenvalue weighted by Crippen LogP contribution is -2.24. The first-order valence-electron chi connectivity index (χ1n) is 8.09. The molecule has 0 fully saturated rings. The number of aromatic nitrogens is 1. The molecule has 26 heavy (non-hydrogen) atoms. The molecule has 1 heterocycles. The second-order valence-electron chi connectivity index (χ2n) is 5.73. The largest absolute Gasteiger partial charge is 0.497 e. The van der Waals surface area contributed by atoms with E-state index in [2.05, 4.69) is 4.98 Å². The summed E-state index contributed by atoms with van der Waals surface area (Å²) in [5.41, 5.74) is 0.950. The summed E-state index contributed by atoms with van der Waals surface area (Å²) in [4.78, 5) is 16.8. The van der Waals surface area contributed by atoms with Crippen molar-refractivity contribution in [2.24, 2.45) is 0 Å². The summed E-state index contributed by atoms with van der Waals surface area (Å²) in [6.45, 7) is 1.10. The molecule has 0 atom stereocenters. The number of nitro benzene ring substituents is 1. The summed E-state index contributed by atoms with van der Waals surface area (Å²) in [6.07, 6.45) is 3.16. The minimum atomic E-state index is -0.388. The van der Waals surface area contributed by atoms with Gasteiger partial charge in [-0.05, 0) is 36.4 Å². The molecule has 0 aliphatic carbocycles. The summed E-state index contributed by atoms with van der Waals surface area (Å²) < 4.78 is 10.9. The monoisotopic (exact) mass is 353 g/mol. The Labute approximate surface area is 150 Å². The highest BCUT2D eigenvalue weighted by Gasteiger charge is 2.16. The maximum Gasteiger partial charge on any atom is 0.278 e. The third-order valence-corrected chi connectivity index (χ3v) is 4.13. The first-order chi connectivity index (χ1) is 12.6. The smallest absolute Gasteiger partial charge is 0.278 e. The molecule has 0 radical (unpaired) electrons. The molecule has 0 unspecified atom stereocenters. The Morgan fingerprint density at radius 1 is 1.08 bits per heavy atom. The van der Waals surface area contributed by atoms with Crippen LogP contribution in [0.15, 0.2) is 54.9 Å². The van der Waals surface area contributed by atoms with Gasteiger partial charge in [-0.3, -0.25) is 15.1 Å². The Hall–Kier alpha value is -3.35. The van der Waals surface area contributed by atoms with E-state index in [0.717, 1.165) is 22.6 Å². The zero-order valence-electron chi connectivity index (χ0n) is 14.6. The van der Waals surface area contributed by atoms with E-state index >= 15 is 0 Å². The number of benzene rings is 2. The second-order valence-corrected chi connectivity index (χ2v) is 5.73. The number of nitro groups is 1. The van der Waals surface area contributed by atoms with Crippen molar-refractivity contribution in [2.45, 2.75) is 0 Å². The van der Waals surface area contributed by atoms with Crippen molar-refractivity contribution < 1.29 is 14.4 Å². The average molecular weight is 353 g/mol. The van der Waals surface area contributed by atoms with Gasteiger partial charge in [0, 0.05) is 36.6 Å². The average Bonchev–Trinajstić information content (AvgIpc) is 2.67. The Bertz CT molecular complexity index is 912. The summed E-state index contributed by atoms with van der Waals surface area (Å²) >= 11 is 0. The van der Waals surface area contributed by atoms with Crippen LogP contribution in [0.25, 0.3) is 10.8 Å². The Morgan fingerprint density at radius 3 is 2.50 bits per heavy atom. The third kappa shape index (κ3) is 3.66. The number of anilines is 1. The topological polar surface area (TPSA) is 77.7 Å². The van der Waals surface area contributed by atoms with Gasteiger partial charge in [0.15, 0.2) is 0 Å². The molecule has 0 aliphatic heterocycles. The number of ether oxygens (including phenoxy) is 2. The van der Waals surface area contributed by atoms with Gasteiger partial charge in [-0.25, -0.2) is 0 Å². The van der Waals surface area contributed by atoms with Gasteiger partial charge in [0.25, 0.3) is 5.69 Å². The standard InChI is InChI=1S/C19H19N3O4/c1-21(11-12-26-15-5-3-14(25-2)4-6-15)18-7-8-19(22(23)24)17-13-20-10-9-16(17)18/h3-10,13H,11-12H2,1-2H3. The number of hydrogen-bond acceptors (Lipinski definition) is 6. The van der Waals surface area contributed by atoms with Crippen LogP contribution < -0.4 is 14.4 Å². The SMILES string of the molecule is COc1ccc(OCCN(C)c2ccc([N+](=O)[O-])c3cnccc23)cc1. The zero-order chi connectivity index (χ0) is 18.5. The highest BCUT2D eigenvalue weighted by Crippen LogP contribution is 2.32. The van der Waals surface area contributed by atoms with Gasteiger partial charge in [0.05, 0.1) is 24.0 Å². The van der Waals surface area contributed by atoms with Gasteiger partial charge in [-0.15, -0.1) is 0 Å². The molecule has 0 amide bonds. The number of hydrogen-bond donors (Lipinski definition) is 0. The minimum absolute atomic E-state index is 0.0553. The molecule has 0 aliphatic rings. The lowest BCUT2D eigenvalue weighted by molar-refractivity contribution is -0.383. The van der Waals surface area contributed by atoms with Crippen LogP contribution in [0.4, 0.5) is 11.4 Å². The van der Waals surface area contributed by atoms with Gasteiger partial charge in [-0.1, -0.05) is 0 Å².